The topological polar surface area (TPSA) is 75.7 Å². The minimum absolute atomic E-state index is 0.0815. The number of hydrogen-bond acceptors (Lipinski definition) is 4. The number of benzene rings is 1. The molecule has 0 aromatic heterocycles. The van der Waals surface area contributed by atoms with Gasteiger partial charge in [0.15, 0.2) is 0 Å². The zero-order chi connectivity index (χ0) is 15.2. The van der Waals surface area contributed by atoms with Gasteiger partial charge in [0.25, 0.3) is 0 Å². The molecule has 0 aliphatic carbocycles. The molecule has 0 radical (unpaired) electrons. The first-order valence-electron chi connectivity index (χ1n) is 5.87. The first kappa shape index (κ1) is 16.2. The summed E-state index contributed by atoms with van der Waals surface area (Å²) in [6.45, 7) is 3.28. The number of amides is 1. The molecule has 1 aromatic rings. The number of hydrogen-bond donors (Lipinski definition) is 1. The van der Waals surface area contributed by atoms with Gasteiger partial charge in [0.05, 0.1) is 25.6 Å². The first-order valence-corrected chi connectivity index (χ1v) is 7.72. The third kappa shape index (κ3) is 4.67. The van der Waals surface area contributed by atoms with Crippen LogP contribution in [0.5, 0.6) is 5.75 Å². The highest BCUT2D eigenvalue weighted by molar-refractivity contribution is 7.88. The summed E-state index contributed by atoms with van der Waals surface area (Å²) in [6, 6.07) is 6.90. The van der Waals surface area contributed by atoms with Crippen molar-refractivity contribution in [1.82, 2.24) is 4.31 Å². The van der Waals surface area contributed by atoms with Gasteiger partial charge in [-0.2, -0.15) is 4.31 Å². The largest absolute Gasteiger partial charge is 0.495 e. The van der Waals surface area contributed by atoms with Gasteiger partial charge in [-0.25, -0.2) is 8.42 Å². The lowest BCUT2D eigenvalue weighted by molar-refractivity contribution is -0.116. The Labute approximate surface area is 119 Å². The van der Waals surface area contributed by atoms with Crippen LogP contribution < -0.4 is 10.1 Å². The SMILES string of the molecule is C=CCN(CC(=O)Nc1ccccc1OC)S(C)(=O)=O. The van der Waals surface area contributed by atoms with E-state index in [0.717, 1.165) is 10.6 Å². The molecule has 0 aliphatic rings. The van der Waals surface area contributed by atoms with Crippen LogP contribution in [-0.2, 0) is 14.8 Å². The lowest BCUT2D eigenvalue weighted by Crippen LogP contribution is -2.37. The smallest absolute Gasteiger partial charge is 0.239 e. The third-order valence-electron chi connectivity index (χ3n) is 2.50. The van der Waals surface area contributed by atoms with Crippen LogP contribution in [0.3, 0.4) is 0 Å². The van der Waals surface area contributed by atoms with Crippen LogP contribution in [0.4, 0.5) is 5.69 Å². The number of sulfonamides is 1. The molecule has 1 amide bonds. The monoisotopic (exact) mass is 298 g/mol. The van der Waals surface area contributed by atoms with Gasteiger partial charge in [-0.15, -0.1) is 6.58 Å². The number of nitrogens with one attached hydrogen (secondary N) is 1. The molecule has 0 saturated carbocycles. The summed E-state index contributed by atoms with van der Waals surface area (Å²) in [4.78, 5) is 11.9. The van der Waals surface area contributed by atoms with Crippen molar-refractivity contribution in [3.05, 3.63) is 36.9 Å². The van der Waals surface area contributed by atoms with Crippen LogP contribution in [-0.4, -0.2) is 45.1 Å². The van der Waals surface area contributed by atoms with Gasteiger partial charge in [0.1, 0.15) is 5.75 Å². The van der Waals surface area contributed by atoms with Crippen molar-refractivity contribution >= 4 is 21.6 Å². The second-order valence-electron chi connectivity index (χ2n) is 4.09. The summed E-state index contributed by atoms with van der Waals surface area (Å²) >= 11 is 0. The van der Waals surface area contributed by atoms with E-state index in [0.29, 0.717) is 11.4 Å². The normalized spacial score (nSPS) is 11.2. The van der Waals surface area contributed by atoms with E-state index in [-0.39, 0.29) is 13.1 Å². The van der Waals surface area contributed by atoms with Gasteiger partial charge >= 0.3 is 0 Å². The van der Waals surface area contributed by atoms with Crippen molar-refractivity contribution in [2.24, 2.45) is 0 Å². The fourth-order valence-corrected chi connectivity index (χ4v) is 2.29. The highest BCUT2D eigenvalue weighted by Gasteiger charge is 2.19. The van der Waals surface area contributed by atoms with Crippen molar-refractivity contribution in [3.8, 4) is 5.75 Å². The molecule has 1 rings (SSSR count). The molecule has 6 nitrogen and oxygen atoms in total. The van der Waals surface area contributed by atoms with E-state index in [4.69, 9.17) is 4.74 Å². The molecular weight excluding hydrogens is 280 g/mol. The van der Waals surface area contributed by atoms with Crippen molar-refractivity contribution in [1.29, 1.82) is 0 Å². The quantitative estimate of drug-likeness (QED) is 0.764. The number of anilines is 1. The molecule has 0 bridgehead atoms. The zero-order valence-electron chi connectivity index (χ0n) is 11.5. The minimum atomic E-state index is -3.46. The predicted octanol–water partition coefficient (Wildman–Crippen LogP) is 1.08. The second kappa shape index (κ2) is 7.06. The number of ether oxygens (including phenoxy) is 1. The second-order valence-corrected chi connectivity index (χ2v) is 6.08. The number of carbonyl (C=O) groups excluding carboxylic acids is 1. The standard InChI is InChI=1S/C13H18N2O4S/c1-4-9-15(20(3,17)18)10-13(16)14-11-7-5-6-8-12(11)19-2/h4-8H,1,9-10H2,2-3H3,(H,14,16). The van der Waals surface area contributed by atoms with E-state index in [9.17, 15) is 13.2 Å². The van der Waals surface area contributed by atoms with Crippen molar-refractivity contribution in [3.63, 3.8) is 0 Å². The van der Waals surface area contributed by atoms with Gasteiger partial charge in [0.2, 0.25) is 15.9 Å². The van der Waals surface area contributed by atoms with Crippen LogP contribution in [0.2, 0.25) is 0 Å². The van der Waals surface area contributed by atoms with E-state index in [2.05, 4.69) is 11.9 Å². The maximum atomic E-state index is 11.9. The highest BCUT2D eigenvalue weighted by Crippen LogP contribution is 2.22. The molecule has 1 N–H and O–H groups in total. The zero-order valence-corrected chi connectivity index (χ0v) is 12.3. The van der Waals surface area contributed by atoms with E-state index < -0.39 is 15.9 Å². The average Bonchev–Trinajstić information content (AvgIpc) is 2.37. The van der Waals surface area contributed by atoms with Crippen LogP contribution >= 0.6 is 0 Å². The minimum Gasteiger partial charge on any atom is -0.495 e. The van der Waals surface area contributed by atoms with Gasteiger partial charge in [-0.05, 0) is 12.1 Å². The van der Waals surface area contributed by atoms with Crippen molar-refractivity contribution in [2.45, 2.75) is 0 Å². The summed E-state index contributed by atoms with van der Waals surface area (Å²) < 4.78 is 29.1. The molecule has 0 aliphatic heterocycles. The Morgan fingerprint density at radius 3 is 2.65 bits per heavy atom. The molecule has 0 fully saturated rings. The number of carbonyl (C=O) groups is 1. The van der Waals surface area contributed by atoms with Crippen LogP contribution in [0.1, 0.15) is 0 Å². The molecule has 1 aromatic carbocycles. The van der Waals surface area contributed by atoms with E-state index in [1.165, 1.54) is 13.2 Å². The molecule has 0 unspecified atom stereocenters. The van der Waals surface area contributed by atoms with Crippen LogP contribution in [0.25, 0.3) is 0 Å². The Morgan fingerprint density at radius 2 is 2.10 bits per heavy atom. The Hall–Kier alpha value is -1.86. The fourth-order valence-electron chi connectivity index (χ4n) is 1.56. The molecule has 0 heterocycles. The van der Waals surface area contributed by atoms with Crippen molar-refractivity contribution < 1.29 is 17.9 Å². The van der Waals surface area contributed by atoms with Gasteiger partial charge in [-0.3, -0.25) is 4.79 Å². The van der Waals surface area contributed by atoms with Crippen LogP contribution in [0.15, 0.2) is 36.9 Å². The molecule has 20 heavy (non-hydrogen) atoms. The molecule has 0 atom stereocenters. The number of rotatable bonds is 7. The molecule has 0 spiro atoms. The number of methoxy groups -OCH3 is 1. The molecule has 0 saturated heterocycles. The Bertz CT molecular complexity index is 584. The number of nitrogens with zero attached hydrogens (tertiary/aromatic N) is 1. The van der Waals surface area contributed by atoms with Gasteiger partial charge in [-0.1, -0.05) is 18.2 Å². The fraction of sp³-hybridized carbons (Fsp3) is 0.308. The maximum absolute atomic E-state index is 11.9. The summed E-state index contributed by atoms with van der Waals surface area (Å²) in [6.07, 6.45) is 2.48. The van der Waals surface area contributed by atoms with Crippen LogP contribution in [0, 0.1) is 0 Å². The number of para-hydroxylation sites is 2. The summed E-state index contributed by atoms with van der Waals surface area (Å²) in [5.41, 5.74) is 0.493. The first-order chi connectivity index (χ1) is 9.38. The average molecular weight is 298 g/mol. The predicted molar refractivity (Wildman–Crippen MR) is 78.2 cm³/mol. The summed E-state index contributed by atoms with van der Waals surface area (Å²) in [7, 11) is -1.97. The van der Waals surface area contributed by atoms with E-state index in [1.807, 2.05) is 0 Å². The maximum Gasteiger partial charge on any atom is 0.239 e. The van der Waals surface area contributed by atoms with Gasteiger partial charge < -0.3 is 10.1 Å². The lowest BCUT2D eigenvalue weighted by atomic mass is 10.3. The third-order valence-corrected chi connectivity index (χ3v) is 3.72. The van der Waals surface area contributed by atoms with E-state index in [1.54, 1.807) is 24.3 Å². The molecule has 7 heteroatoms. The summed E-state index contributed by atoms with van der Waals surface area (Å²) in [5.74, 6) is 0.0669. The Kier molecular flexibility index (Phi) is 5.72. The lowest BCUT2D eigenvalue weighted by Gasteiger charge is -2.18. The highest BCUT2D eigenvalue weighted by atomic mass is 32.2. The summed E-state index contributed by atoms with van der Waals surface area (Å²) in [5, 5.41) is 2.62. The van der Waals surface area contributed by atoms with E-state index >= 15 is 0 Å². The molecular formula is C13H18N2O4S. The Morgan fingerprint density at radius 1 is 1.45 bits per heavy atom. The van der Waals surface area contributed by atoms with Gasteiger partial charge in [0, 0.05) is 6.54 Å². The Balaban J connectivity index is 2.78. The van der Waals surface area contributed by atoms with Crippen molar-refractivity contribution in [2.75, 3.05) is 31.8 Å². The molecule has 110 valence electrons.